The number of phenols is 1. The van der Waals surface area contributed by atoms with Crippen molar-refractivity contribution in [3.8, 4) is 17.7 Å². The van der Waals surface area contributed by atoms with Crippen LogP contribution >= 0.6 is 0 Å². The Labute approximate surface area is 164 Å². The molecule has 0 radical (unpaired) electrons. The zero-order valence-electron chi connectivity index (χ0n) is 15.4. The molecule has 1 atom stereocenters. The minimum absolute atomic E-state index is 0.0427. The summed E-state index contributed by atoms with van der Waals surface area (Å²) in [6, 6.07) is 11.3. The van der Waals surface area contributed by atoms with Gasteiger partial charge in [0.15, 0.2) is 6.19 Å². The van der Waals surface area contributed by atoms with E-state index in [1.807, 2.05) is 6.19 Å². The molecule has 148 valence electrons. The van der Waals surface area contributed by atoms with Crippen LogP contribution in [-0.4, -0.2) is 44.7 Å². The quantitative estimate of drug-likeness (QED) is 0.606. The summed E-state index contributed by atoms with van der Waals surface area (Å²) < 4.78 is 33.7. The number of aromatic hydroxyl groups is 1. The third kappa shape index (κ3) is 4.65. The van der Waals surface area contributed by atoms with Crippen molar-refractivity contribution in [3.63, 3.8) is 0 Å². The highest BCUT2D eigenvalue weighted by atomic mass is 32.2. The summed E-state index contributed by atoms with van der Waals surface area (Å²) in [5.41, 5.74) is 1.57. The molecule has 2 aromatic carbocycles. The van der Waals surface area contributed by atoms with E-state index in [9.17, 15) is 13.5 Å². The van der Waals surface area contributed by atoms with Crippen molar-refractivity contribution in [2.45, 2.75) is 23.9 Å². The maximum absolute atomic E-state index is 12.9. The van der Waals surface area contributed by atoms with Crippen LogP contribution in [0.25, 0.3) is 0 Å². The molecule has 1 heterocycles. The Bertz CT molecular complexity index is 970. The van der Waals surface area contributed by atoms with E-state index < -0.39 is 10.0 Å². The van der Waals surface area contributed by atoms with Gasteiger partial charge in [0.1, 0.15) is 16.4 Å². The largest absolute Gasteiger partial charge is 0.508 e. The fourth-order valence-electron chi connectivity index (χ4n) is 3.04. The summed E-state index contributed by atoms with van der Waals surface area (Å²) in [6.07, 6.45) is 2.61. The standard InChI is InChI=1S/C19H22N4O4S/c1-27-18-7-4-15(21-11-14-2-5-17(24)6-3-14)10-19(18)28(25,26)22-16-8-9-23(12-16)13-20/h2-7,10,16,21-22,24H,8-9,11-12H2,1H3. The number of likely N-dealkylation sites (tertiary alicyclic amines) is 1. The molecule has 0 spiro atoms. The van der Waals surface area contributed by atoms with Gasteiger partial charge in [-0.2, -0.15) is 5.26 Å². The molecule has 2 aromatic rings. The van der Waals surface area contributed by atoms with Crippen molar-refractivity contribution < 1.29 is 18.3 Å². The van der Waals surface area contributed by atoms with E-state index >= 15 is 0 Å². The van der Waals surface area contributed by atoms with Crippen LogP contribution in [0.1, 0.15) is 12.0 Å². The molecule has 1 fully saturated rings. The summed E-state index contributed by atoms with van der Waals surface area (Å²) >= 11 is 0. The average Bonchev–Trinajstić information content (AvgIpc) is 3.14. The van der Waals surface area contributed by atoms with Gasteiger partial charge in [0.05, 0.1) is 7.11 Å². The normalized spacial score (nSPS) is 16.6. The molecule has 28 heavy (non-hydrogen) atoms. The number of nitriles is 1. The van der Waals surface area contributed by atoms with Crippen molar-refractivity contribution in [3.05, 3.63) is 48.0 Å². The van der Waals surface area contributed by atoms with Crippen LogP contribution in [0.4, 0.5) is 5.69 Å². The molecule has 1 unspecified atom stereocenters. The molecular formula is C19H22N4O4S. The summed E-state index contributed by atoms with van der Waals surface area (Å²) in [6.45, 7) is 1.37. The second kappa shape index (κ2) is 8.37. The van der Waals surface area contributed by atoms with Gasteiger partial charge in [-0.15, -0.1) is 0 Å². The Hall–Kier alpha value is -2.96. The number of hydrogen-bond acceptors (Lipinski definition) is 7. The van der Waals surface area contributed by atoms with Crippen molar-refractivity contribution >= 4 is 15.7 Å². The van der Waals surface area contributed by atoms with Gasteiger partial charge in [-0.1, -0.05) is 12.1 Å². The molecule has 1 saturated heterocycles. The van der Waals surface area contributed by atoms with Gasteiger partial charge in [0, 0.05) is 31.4 Å². The monoisotopic (exact) mass is 402 g/mol. The number of anilines is 1. The van der Waals surface area contributed by atoms with Gasteiger partial charge < -0.3 is 20.1 Å². The maximum atomic E-state index is 12.9. The fourth-order valence-corrected chi connectivity index (χ4v) is 4.50. The van der Waals surface area contributed by atoms with Crippen molar-refractivity contribution in [1.82, 2.24) is 9.62 Å². The lowest BCUT2D eigenvalue weighted by atomic mass is 10.2. The molecule has 0 amide bonds. The minimum Gasteiger partial charge on any atom is -0.508 e. The van der Waals surface area contributed by atoms with Crippen molar-refractivity contribution in [2.75, 3.05) is 25.5 Å². The van der Waals surface area contributed by atoms with E-state index in [0.29, 0.717) is 31.7 Å². The molecule has 9 heteroatoms. The van der Waals surface area contributed by atoms with E-state index in [0.717, 1.165) is 5.56 Å². The number of nitrogens with zero attached hydrogens (tertiary/aromatic N) is 2. The fraction of sp³-hybridized carbons (Fsp3) is 0.316. The summed E-state index contributed by atoms with van der Waals surface area (Å²) in [5, 5.41) is 21.5. The molecule has 3 N–H and O–H groups in total. The Balaban J connectivity index is 1.76. The van der Waals surface area contributed by atoms with Crippen molar-refractivity contribution in [2.24, 2.45) is 0 Å². The van der Waals surface area contributed by atoms with Gasteiger partial charge in [0.2, 0.25) is 10.0 Å². The summed E-state index contributed by atoms with van der Waals surface area (Å²) in [7, 11) is -2.39. The van der Waals surface area contributed by atoms with Crippen LogP contribution in [0, 0.1) is 11.5 Å². The third-order valence-electron chi connectivity index (χ3n) is 4.54. The lowest BCUT2D eigenvalue weighted by Gasteiger charge is -2.16. The molecule has 3 rings (SSSR count). The van der Waals surface area contributed by atoms with Gasteiger partial charge >= 0.3 is 0 Å². The lowest BCUT2D eigenvalue weighted by Crippen LogP contribution is -2.36. The first-order chi connectivity index (χ1) is 13.4. The highest BCUT2D eigenvalue weighted by Crippen LogP contribution is 2.28. The van der Waals surface area contributed by atoms with Crippen LogP contribution in [0.3, 0.4) is 0 Å². The topological polar surface area (TPSA) is 115 Å². The minimum atomic E-state index is -3.81. The second-order valence-corrected chi connectivity index (χ2v) is 8.22. The van der Waals surface area contributed by atoms with E-state index in [1.165, 1.54) is 18.1 Å². The Morgan fingerprint density at radius 2 is 2.04 bits per heavy atom. The molecule has 0 aromatic heterocycles. The highest BCUT2D eigenvalue weighted by Gasteiger charge is 2.28. The van der Waals surface area contributed by atoms with Gasteiger partial charge in [-0.3, -0.25) is 0 Å². The second-order valence-electron chi connectivity index (χ2n) is 6.54. The maximum Gasteiger partial charge on any atom is 0.244 e. The zero-order valence-corrected chi connectivity index (χ0v) is 16.2. The number of sulfonamides is 1. The predicted octanol–water partition coefficient (Wildman–Crippen LogP) is 1.85. The van der Waals surface area contributed by atoms with Crippen LogP contribution < -0.4 is 14.8 Å². The number of benzene rings is 2. The van der Waals surface area contributed by atoms with Crippen LogP contribution in [0.5, 0.6) is 11.5 Å². The SMILES string of the molecule is COc1ccc(NCc2ccc(O)cc2)cc1S(=O)(=O)NC1CCN(C#N)C1. The number of ether oxygens (including phenoxy) is 1. The molecular weight excluding hydrogens is 380 g/mol. The molecule has 0 aliphatic carbocycles. The van der Waals surface area contributed by atoms with E-state index in [4.69, 9.17) is 10.00 Å². The lowest BCUT2D eigenvalue weighted by molar-refractivity contribution is 0.402. The Morgan fingerprint density at radius 3 is 2.68 bits per heavy atom. The third-order valence-corrected chi connectivity index (χ3v) is 6.08. The molecule has 1 aliphatic rings. The van der Waals surface area contributed by atoms with Crippen LogP contribution in [0.15, 0.2) is 47.4 Å². The predicted molar refractivity (Wildman–Crippen MR) is 104 cm³/mol. The zero-order chi connectivity index (χ0) is 20.1. The molecule has 8 nitrogen and oxygen atoms in total. The summed E-state index contributed by atoms with van der Waals surface area (Å²) in [4.78, 5) is 1.57. The molecule has 0 bridgehead atoms. The Kier molecular flexibility index (Phi) is 5.92. The average molecular weight is 402 g/mol. The van der Waals surface area contributed by atoms with Gasteiger partial charge in [-0.05, 0) is 42.3 Å². The van der Waals surface area contributed by atoms with Crippen LogP contribution in [0.2, 0.25) is 0 Å². The summed E-state index contributed by atoms with van der Waals surface area (Å²) in [5.74, 6) is 0.437. The van der Waals surface area contributed by atoms with Gasteiger partial charge in [-0.25, -0.2) is 13.1 Å². The number of phenolic OH excluding ortho intramolecular Hbond substituents is 1. The number of methoxy groups -OCH3 is 1. The van der Waals surface area contributed by atoms with E-state index in [1.54, 1.807) is 36.4 Å². The molecule has 0 saturated carbocycles. The Morgan fingerprint density at radius 1 is 1.29 bits per heavy atom. The van der Waals surface area contributed by atoms with E-state index in [-0.39, 0.29) is 22.4 Å². The highest BCUT2D eigenvalue weighted by molar-refractivity contribution is 7.89. The number of hydrogen-bond donors (Lipinski definition) is 3. The first kappa shape index (κ1) is 19.8. The molecule has 1 aliphatic heterocycles. The number of nitrogens with one attached hydrogen (secondary N) is 2. The first-order valence-electron chi connectivity index (χ1n) is 8.78. The van der Waals surface area contributed by atoms with E-state index in [2.05, 4.69) is 10.0 Å². The van der Waals surface area contributed by atoms with Crippen molar-refractivity contribution in [1.29, 1.82) is 5.26 Å². The van der Waals surface area contributed by atoms with Crippen LogP contribution in [-0.2, 0) is 16.6 Å². The van der Waals surface area contributed by atoms with Gasteiger partial charge in [0.25, 0.3) is 0 Å². The number of rotatable bonds is 7. The first-order valence-corrected chi connectivity index (χ1v) is 10.3. The smallest absolute Gasteiger partial charge is 0.244 e.